The summed E-state index contributed by atoms with van der Waals surface area (Å²) in [4.78, 5) is 0.202. The molecule has 0 aliphatic heterocycles. The molecule has 1 fully saturated rings. The quantitative estimate of drug-likeness (QED) is 0.361. The molecule has 0 heterocycles. The van der Waals surface area contributed by atoms with Gasteiger partial charge in [0.05, 0.1) is 4.90 Å². The molecule has 0 spiro atoms. The van der Waals surface area contributed by atoms with E-state index in [2.05, 4.69) is 5.16 Å². The van der Waals surface area contributed by atoms with Crippen LogP contribution in [0.15, 0.2) is 34.3 Å². The fourth-order valence-corrected chi connectivity index (χ4v) is 3.69. The highest BCUT2D eigenvalue weighted by Crippen LogP contribution is 2.32. The first-order valence-electron chi connectivity index (χ1n) is 6.19. The molecular formula is C12H16ClN3O3S. The van der Waals surface area contributed by atoms with Gasteiger partial charge in [0.1, 0.15) is 5.84 Å². The van der Waals surface area contributed by atoms with Gasteiger partial charge in [-0.05, 0) is 37.1 Å². The lowest BCUT2D eigenvalue weighted by atomic mass is 10.4. The molecule has 0 radical (unpaired) electrons. The van der Waals surface area contributed by atoms with Gasteiger partial charge in [0.2, 0.25) is 10.0 Å². The van der Waals surface area contributed by atoms with Gasteiger partial charge in [-0.25, -0.2) is 8.42 Å². The zero-order valence-electron chi connectivity index (χ0n) is 10.7. The molecule has 6 nitrogen and oxygen atoms in total. The minimum absolute atomic E-state index is 0.00201. The molecule has 8 heteroatoms. The van der Waals surface area contributed by atoms with E-state index in [0.29, 0.717) is 5.02 Å². The van der Waals surface area contributed by atoms with Gasteiger partial charge in [-0.2, -0.15) is 4.31 Å². The van der Waals surface area contributed by atoms with Crippen molar-refractivity contribution in [1.82, 2.24) is 4.31 Å². The molecule has 0 saturated heterocycles. The molecule has 1 saturated carbocycles. The summed E-state index contributed by atoms with van der Waals surface area (Å²) in [7, 11) is -3.58. The summed E-state index contributed by atoms with van der Waals surface area (Å²) < 4.78 is 26.5. The second-order valence-corrected chi connectivity index (χ2v) is 6.97. The van der Waals surface area contributed by atoms with Gasteiger partial charge in [0, 0.05) is 24.0 Å². The molecule has 1 aliphatic carbocycles. The van der Waals surface area contributed by atoms with Crippen molar-refractivity contribution in [3.05, 3.63) is 29.3 Å². The van der Waals surface area contributed by atoms with Gasteiger partial charge >= 0.3 is 0 Å². The molecule has 0 atom stereocenters. The summed E-state index contributed by atoms with van der Waals surface area (Å²) in [6, 6.07) is 6.06. The lowest BCUT2D eigenvalue weighted by Crippen LogP contribution is -2.35. The van der Waals surface area contributed by atoms with Crippen LogP contribution in [0.4, 0.5) is 0 Å². The van der Waals surface area contributed by atoms with E-state index < -0.39 is 10.0 Å². The zero-order chi connectivity index (χ0) is 14.8. The Balaban J connectivity index is 2.21. The Morgan fingerprint density at radius 1 is 1.40 bits per heavy atom. The normalized spacial score (nSPS) is 16.6. The average Bonchev–Trinajstić information content (AvgIpc) is 3.23. The predicted octanol–water partition coefficient (Wildman–Crippen LogP) is 1.63. The maximum Gasteiger partial charge on any atom is 0.243 e. The van der Waals surface area contributed by atoms with Crippen LogP contribution in [0.3, 0.4) is 0 Å². The topological polar surface area (TPSA) is 96.0 Å². The second-order valence-electron chi connectivity index (χ2n) is 4.64. The van der Waals surface area contributed by atoms with Gasteiger partial charge in [-0.3, -0.25) is 0 Å². The molecule has 1 aliphatic rings. The fourth-order valence-electron chi connectivity index (χ4n) is 1.88. The Hall–Kier alpha value is -1.31. The number of amidine groups is 1. The van der Waals surface area contributed by atoms with E-state index in [1.165, 1.54) is 16.4 Å². The summed E-state index contributed by atoms with van der Waals surface area (Å²) in [6.45, 7) is 0.200. The van der Waals surface area contributed by atoms with Gasteiger partial charge in [-0.1, -0.05) is 16.8 Å². The van der Waals surface area contributed by atoms with Crippen LogP contribution >= 0.6 is 11.6 Å². The van der Waals surface area contributed by atoms with Crippen LogP contribution in [0.5, 0.6) is 0 Å². The van der Waals surface area contributed by atoms with Crippen LogP contribution in [0.1, 0.15) is 19.3 Å². The molecule has 0 unspecified atom stereocenters. The Morgan fingerprint density at radius 3 is 2.50 bits per heavy atom. The molecule has 0 aromatic heterocycles. The first-order chi connectivity index (χ1) is 9.45. The molecular weight excluding hydrogens is 302 g/mol. The Labute approximate surface area is 122 Å². The Kier molecular flexibility index (Phi) is 4.52. The Bertz CT molecular complexity index is 597. The first-order valence-corrected chi connectivity index (χ1v) is 8.01. The van der Waals surface area contributed by atoms with E-state index in [1.807, 2.05) is 0 Å². The van der Waals surface area contributed by atoms with Crippen molar-refractivity contribution in [1.29, 1.82) is 0 Å². The number of hydrogen-bond acceptors (Lipinski definition) is 4. The lowest BCUT2D eigenvalue weighted by Gasteiger charge is -2.21. The average molecular weight is 318 g/mol. The van der Waals surface area contributed by atoms with E-state index in [0.717, 1.165) is 12.8 Å². The van der Waals surface area contributed by atoms with Crippen LogP contribution in [0, 0.1) is 0 Å². The minimum atomic E-state index is -3.58. The monoisotopic (exact) mass is 317 g/mol. The van der Waals surface area contributed by atoms with Gasteiger partial charge in [0.15, 0.2) is 0 Å². The highest BCUT2D eigenvalue weighted by molar-refractivity contribution is 7.89. The summed E-state index contributed by atoms with van der Waals surface area (Å²) in [5.74, 6) is 0.0157. The van der Waals surface area contributed by atoms with E-state index in [-0.39, 0.29) is 29.7 Å². The maximum absolute atomic E-state index is 12.6. The smallest absolute Gasteiger partial charge is 0.243 e. The number of oxime groups is 1. The van der Waals surface area contributed by atoms with Crippen LogP contribution in [-0.4, -0.2) is 36.4 Å². The fraction of sp³-hybridized carbons (Fsp3) is 0.417. The number of nitrogens with zero attached hydrogens (tertiary/aromatic N) is 2. The number of halogens is 1. The number of nitrogens with two attached hydrogens (primary N) is 1. The number of sulfonamides is 1. The summed E-state index contributed by atoms with van der Waals surface area (Å²) in [6.07, 6.45) is 1.87. The Morgan fingerprint density at radius 2 is 2.00 bits per heavy atom. The largest absolute Gasteiger partial charge is 0.409 e. The van der Waals surface area contributed by atoms with Crippen LogP contribution in [0.2, 0.25) is 5.02 Å². The number of hydrogen-bond donors (Lipinski definition) is 2. The van der Waals surface area contributed by atoms with Crippen LogP contribution < -0.4 is 5.73 Å². The molecule has 1 aromatic carbocycles. The molecule has 1 aromatic rings. The van der Waals surface area contributed by atoms with Crippen molar-refractivity contribution in [2.45, 2.75) is 30.2 Å². The molecule has 0 amide bonds. The van der Waals surface area contributed by atoms with E-state index in [9.17, 15) is 8.42 Å². The zero-order valence-corrected chi connectivity index (χ0v) is 12.3. The third kappa shape index (κ3) is 3.41. The van der Waals surface area contributed by atoms with E-state index >= 15 is 0 Å². The van der Waals surface area contributed by atoms with Gasteiger partial charge in [0.25, 0.3) is 0 Å². The minimum Gasteiger partial charge on any atom is -0.409 e. The third-order valence-electron chi connectivity index (χ3n) is 3.09. The highest BCUT2D eigenvalue weighted by Gasteiger charge is 2.37. The summed E-state index contributed by atoms with van der Waals surface area (Å²) in [5, 5.41) is 11.9. The van der Waals surface area contributed by atoms with Crippen molar-refractivity contribution >= 4 is 27.5 Å². The highest BCUT2D eigenvalue weighted by atomic mass is 35.5. The molecule has 20 heavy (non-hydrogen) atoms. The van der Waals surface area contributed by atoms with Gasteiger partial charge in [-0.15, -0.1) is 0 Å². The van der Waals surface area contributed by atoms with E-state index in [1.54, 1.807) is 12.1 Å². The van der Waals surface area contributed by atoms with Crippen molar-refractivity contribution in [3.63, 3.8) is 0 Å². The van der Waals surface area contributed by atoms with Crippen molar-refractivity contribution in [3.8, 4) is 0 Å². The number of rotatable bonds is 6. The molecule has 110 valence electrons. The maximum atomic E-state index is 12.6. The first kappa shape index (κ1) is 15.1. The van der Waals surface area contributed by atoms with E-state index in [4.69, 9.17) is 22.5 Å². The molecule has 0 bridgehead atoms. The number of benzene rings is 1. The second kappa shape index (κ2) is 5.99. The SMILES string of the molecule is NC(CCN(C1CC1)S(=O)(=O)c1ccc(Cl)cc1)=NO. The third-order valence-corrected chi connectivity index (χ3v) is 5.31. The molecule has 3 N–H and O–H groups in total. The summed E-state index contributed by atoms with van der Waals surface area (Å²) >= 11 is 5.77. The van der Waals surface area contributed by atoms with Crippen LogP contribution in [-0.2, 0) is 10.0 Å². The van der Waals surface area contributed by atoms with Crippen molar-refractivity contribution in [2.24, 2.45) is 10.9 Å². The van der Waals surface area contributed by atoms with Crippen LogP contribution in [0.25, 0.3) is 0 Å². The predicted molar refractivity (Wildman–Crippen MR) is 76.4 cm³/mol. The van der Waals surface area contributed by atoms with Gasteiger partial charge < -0.3 is 10.9 Å². The standard InChI is InChI=1S/C12H16ClN3O3S/c13-9-1-5-11(6-2-9)20(18,19)16(10-3-4-10)8-7-12(14)15-17/h1-2,5-6,10,17H,3-4,7-8H2,(H2,14,15). The van der Waals surface area contributed by atoms with Crippen molar-refractivity contribution in [2.75, 3.05) is 6.54 Å². The summed E-state index contributed by atoms with van der Waals surface area (Å²) in [5.41, 5.74) is 5.40. The van der Waals surface area contributed by atoms with Crippen molar-refractivity contribution < 1.29 is 13.6 Å². The lowest BCUT2D eigenvalue weighted by molar-refractivity contribution is 0.315. The molecule has 2 rings (SSSR count).